The summed E-state index contributed by atoms with van der Waals surface area (Å²) in [6, 6.07) is 9.59. The van der Waals surface area contributed by atoms with E-state index in [0.29, 0.717) is 39.1 Å². The molecule has 1 aromatic rings. The van der Waals surface area contributed by atoms with Gasteiger partial charge in [0.1, 0.15) is 6.61 Å². The summed E-state index contributed by atoms with van der Waals surface area (Å²) < 4.78 is 10.2. The van der Waals surface area contributed by atoms with Gasteiger partial charge in [-0.05, 0) is 18.4 Å². The lowest BCUT2D eigenvalue weighted by atomic mass is 9.96. The Morgan fingerprint density at radius 1 is 1.22 bits per heavy atom. The summed E-state index contributed by atoms with van der Waals surface area (Å²) in [4.78, 5) is 25.7. The van der Waals surface area contributed by atoms with E-state index in [0.717, 1.165) is 5.56 Å². The zero-order valence-corrected chi connectivity index (χ0v) is 13.5. The van der Waals surface area contributed by atoms with Gasteiger partial charge in [-0.25, -0.2) is 4.79 Å². The van der Waals surface area contributed by atoms with Crippen molar-refractivity contribution >= 4 is 12.0 Å². The molecule has 0 spiro atoms. The molecule has 2 amide bonds. The first-order chi connectivity index (χ1) is 11.2. The summed E-state index contributed by atoms with van der Waals surface area (Å²) in [6.45, 7) is 2.41. The van der Waals surface area contributed by atoms with Gasteiger partial charge in [0.2, 0.25) is 5.91 Å². The van der Waals surface area contributed by atoms with Crippen molar-refractivity contribution in [1.82, 2.24) is 10.2 Å². The third kappa shape index (κ3) is 5.56. The molecule has 1 aliphatic rings. The van der Waals surface area contributed by atoms with Crippen molar-refractivity contribution in [2.45, 2.75) is 19.4 Å². The predicted molar refractivity (Wildman–Crippen MR) is 85.8 cm³/mol. The van der Waals surface area contributed by atoms with Gasteiger partial charge in [-0.3, -0.25) is 4.79 Å². The summed E-state index contributed by atoms with van der Waals surface area (Å²) in [7, 11) is 1.60. The van der Waals surface area contributed by atoms with Crippen molar-refractivity contribution in [1.29, 1.82) is 0 Å². The molecule has 23 heavy (non-hydrogen) atoms. The highest BCUT2D eigenvalue weighted by Crippen LogP contribution is 2.18. The van der Waals surface area contributed by atoms with Crippen LogP contribution in [0, 0.1) is 5.92 Å². The van der Waals surface area contributed by atoms with Crippen molar-refractivity contribution in [3.63, 3.8) is 0 Å². The monoisotopic (exact) mass is 320 g/mol. The van der Waals surface area contributed by atoms with Gasteiger partial charge in [0.25, 0.3) is 0 Å². The number of carbonyl (C=O) groups is 2. The smallest absolute Gasteiger partial charge is 0.410 e. The van der Waals surface area contributed by atoms with E-state index in [9.17, 15) is 9.59 Å². The van der Waals surface area contributed by atoms with E-state index in [1.807, 2.05) is 30.3 Å². The number of benzene rings is 1. The Balaban J connectivity index is 1.69. The van der Waals surface area contributed by atoms with Crippen LogP contribution in [0.4, 0.5) is 4.79 Å². The molecule has 1 saturated heterocycles. The van der Waals surface area contributed by atoms with Crippen LogP contribution in [0.3, 0.4) is 0 Å². The fourth-order valence-electron chi connectivity index (χ4n) is 2.56. The number of carbonyl (C=O) groups excluding carboxylic acids is 2. The average Bonchev–Trinajstić information content (AvgIpc) is 2.61. The SMILES string of the molecule is COCCNC(=O)C1CCN(C(=O)OCc2ccccc2)CC1. The number of amides is 2. The maximum absolute atomic E-state index is 12.0. The number of methoxy groups -OCH3 is 1. The molecule has 1 heterocycles. The molecule has 1 fully saturated rings. The van der Waals surface area contributed by atoms with Gasteiger partial charge in [0, 0.05) is 32.7 Å². The van der Waals surface area contributed by atoms with Gasteiger partial charge in [0.15, 0.2) is 0 Å². The minimum atomic E-state index is -0.313. The lowest BCUT2D eigenvalue weighted by Crippen LogP contribution is -2.43. The van der Waals surface area contributed by atoms with Crippen LogP contribution in [0.25, 0.3) is 0 Å². The highest BCUT2D eigenvalue weighted by atomic mass is 16.6. The highest BCUT2D eigenvalue weighted by Gasteiger charge is 2.27. The number of nitrogens with zero attached hydrogens (tertiary/aromatic N) is 1. The van der Waals surface area contributed by atoms with Crippen molar-refractivity contribution in [2.24, 2.45) is 5.92 Å². The van der Waals surface area contributed by atoms with Gasteiger partial charge >= 0.3 is 6.09 Å². The van der Waals surface area contributed by atoms with Crippen LogP contribution >= 0.6 is 0 Å². The molecule has 0 atom stereocenters. The lowest BCUT2D eigenvalue weighted by molar-refractivity contribution is -0.126. The van der Waals surface area contributed by atoms with Gasteiger partial charge in [-0.2, -0.15) is 0 Å². The molecule has 1 N–H and O–H groups in total. The third-order valence-corrected chi connectivity index (χ3v) is 3.93. The molecule has 6 heteroatoms. The van der Waals surface area contributed by atoms with Crippen LogP contribution in [-0.2, 0) is 20.9 Å². The molecule has 2 rings (SSSR count). The molecule has 6 nitrogen and oxygen atoms in total. The summed E-state index contributed by atoms with van der Waals surface area (Å²) in [5, 5.41) is 2.85. The first-order valence-corrected chi connectivity index (χ1v) is 7.93. The molecule has 0 saturated carbocycles. The second-order valence-electron chi connectivity index (χ2n) is 5.59. The van der Waals surface area contributed by atoms with E-state index < -0.39 is 0 Å². The summed E-state index contributed by atoms with van der Waals surface area (Å²) in [5.74, 6) is 0.00406. The van der Waals surface area contributed by atoms with E-state index in [2.05, 4.69) is 5.32 Å². The Kier molecular flexibility index (Phi) is 6.87. The normalized spacial score (nSPS) is 15.3. The van der Waals surface area contributed by atoms with Crippen LogP contribution < -0.4 is 5.32 Å². The minimum Gasteiger partial charge on any atom is -0.445 e. The second kappa shape index (κ2) is 9.15. The van der Waals surface area contributed by atoms with Gasteiger partial charge in [-0.15, -0.1) is 0 Å². The van der Waals surface area contributed by atoms with Crippen molar-refractivity contribution in [3.05, 3.63) is 35.9 Å². The number of nitrogens with one attached hydrogen (secondary N) is 1. The van der Waals surface area contributed by atoms with Crippen molar-refractivity contribution < 1.29 is 19.1 Å². The average molecular weight is 320 g/mol. The molecule has 0 bridgehead atoms. The van der Waals surface area contributed by atoms with Gasteiger partial charge < -0.3 is 19.7 Å². The van der Waals surface area contributed by atoms with Crippen LogP contribution in [-0.4, -0.2) is 50.3 Å². The van der Waals surface area contributed by atoms with E-state index in [1.165, 1.54) is 0 Å². The fraction of sp³-hybridized carbons (Fsp3) is 0.529. The zero-order valence-electron chi connectivity index (χ0n) is 13.5. The summed E-state index contributed by atoms with van der Waals surface area (Å²) in [5.41, 5.74) is 0.966. The number of rotatable bonds is 6. The Bertz CT molecular complexity index is 499. The fourth-order valence-corrected chi connectivity index (χ4v) is 2.56. The van der Waals surface area contributed by atoms with E-state index in [-0.39, 0.29) is 24.5 Å². The first-order valence-electron chi connectivity index (χ1n) is 7.93. The number of hydrogen-bond acceptors (Lipinski definition) is 4. The minimum absolute atomic E-state index is 0.0370. The van der Waals surface area contributed by atoms with Crippen LogP contribution in [0.15, 0.2) is 30.3 Å². The Labute approximate surface area is 136 Å². The predicted octanol–water partition coefficient (Wildman–Crippen LogP) is 1.80. The third-order valence-electron chi connectivity index (χ3n) is 3.93. The molecule has 1 aliphatic heterocycles. The first kappa shape index (κ1) is 17.3. The molecular weight excluding hydrogens is 296 g/mol. The van der Waals surface area contributed by atoms with Crippen molar-refractivity contribution in [3.8, 4) is 0 Å². The van der Waals surface area contributed by atoms with Crippen LogP contribution in [0.2, 0.25) is 0 Å². The highest BCUT2D eigenvalue weighted by molar-refractivity contribution is 5.79. The number of likely N-dealkylation sites (tertiary alicyclic amines) is 1. The molecular formula is C17H24N2O4. The molecule has 0 radical (unpaired) electrons. The van der Waals surface area contributed by atoms with Crippen LogP contribution in [0.1, 0.15) is 18.4 Å². The topological polar surface area (TPSA) is 67.9 Å². The quantitative estimate of drug-likeness (QED) is 0.812. The largest absolute Gasteiger partial charge is 0.445 e. The number of piperidine rings is 1. The molecule has 0 aliphatic carbocycles. The van der Waals surface area contributed by atoms with E-state index >= 15 is 0 Å². The summed E-state index contributed by atoms with van der Waals surface area (Å²) >= 11 is 0. The standard InChI is InChI=1S/C17H24N2O4/c1-22-12-9-18-16(20)15-7-10-19(11-8-15)17(21)23-13-14-5-3-2-4-6-14/h2-6,15H,7-13H2,1H3,(H,18,20). The molecule has 0 aromatic heterocycles. The molecule has 0 unspecified atom stereocenters. The maximum Gasteiger partial charge on any atom is 0.410 e. The molecule has 126 valence electrons. The zero-order chi connectivity index (χ0) is 16.5. The Morgan fingerprint density at radius 2 is 1.91 bits per heavy atom. The maximum atomic E-state index is 12.0. The van der Waals surface area contributed by atoms with Gasteiger partial charge in [0.05, 0.1) is 6.61 Å². The van der Waals surface area contributed by atoms with Crippen LogP contribution in [0.5, 0.6) is 0 Å². The van der Waals surface area contributed by atoms with Crippen molar-refractivity contribution in [2.75, 3.05) is 33.4 Å². The Hall–Kier alpha value is -2.08. The number of hydrogen-bond donors (Lipinski definition) is 1. The van der Waals surface area contributed by atoms with E-state index in [4.69, 9.17) is 9.47 Å². The molecule has 1 aromatic carbocycles. The summed E-state index contributed by atoms with van der Waals surface area (Å²) in [6.07, 6.45) is 1.02. The van der Waals surface area contributed by atoms with E-state index in [1.54, 1.807) is 12.0 Å². The van der Waals surface area contributed by atoms with Gasteiger partial charge in [-0.1, -0.05) is 30.3 Å². The Morgan fingerprint density at radius 3 is 2.57 bits per heavy atom. The number of ether oxygens (including phenoxy) is 2. The second-order valence-corrected chi connectivity index (χ2v) is 5.59. The lowest BCUT2D eigenvalue weighted by Gasteiger charge is -2.30.